The van der Waals surface area contributed by atoms with Crippen molar-refractivity contribution in [2.45, 2.75) is 19.9 Å². The molecular weight excluding hydrogens is 244 g/mol. The third-order valence-electron chi connectivity index (χ3n) is 2.67. The summed E-state index contributed by atoms with van der Waals surface area (Å²) in [7, 11) is 3.89. The van der Waals surface area contributed by atoms with Gasteiger partial charge in [-0.25, -0.2) is 0 Å². The SMILES string of the molecule is Cc1cc(-c2nc(C(N)CN(C)C)no2)c(C)nn1. The highest BCUT2D eigenvalue weighted by molar-refractivity contribution is 5.55. The molecule has 1 atom stereocenters. The Hall–Kier alpha value is -1.86. The van der Waals surface area contributed by atoms with Crippen molar-refractivity contribution in [1.82, 2.24) is 25.2 Å². The van der Waals surface area contributed by atoms with Crippen LogP contribution in [0.1, 0.15) is 23.3 Å². The van der Waals surface area contributed by atoms with Gasteiger partial charge in [0.2, 0.25) is 0 Å². The molecule has 0 radical (unpaired) electrons. The van der Waals surface area contributed by atoms with Crippen LogP contribution in [0.15, 0.2) is 10.6 Å². The predicted octanol–water partition coefficient (Wildman–Crippen LogP) is 0.705. The molecule has 0 aliphatic rings. The first kappa shape index (κ1) is 13.6. The molecule has 0 aromatic carbocycles. The first-order chi connectivity index (χ1) is 8.97. The monoisotopic (exact) mass is 262 g/mol. The molecule has 1 unspecified atom stereocenters. The maximum atomic E-state index is 6.00. The fourth-order valence-electron chi connectivity index (χ4n) is 1.74. The van der Waals surface area contributed by atoms with E-state index in [0.29, 0.717) is 18.3 Å². The Labute approximate surface area is 111 Å². The Morgan fingerprint density at radius 1 is 1.32 bits per heavy atom. The van der Waals surface area contributed by atoms with E-state index in [1.807, 2.05) is 38.9 Å². The molecule has 2 aromatic rings. The van der Waals surface area contributed by atoms with Gasteiger partial charge in [0.05, 0.1) is 23.0 Å². The lowest BCUT2D eigenvalue weighted by molar-refractivity contribution is 0.357. The van der Waals surface area contributed by atoms with Gasteiger partial charge < -0.3 is 15.2 Å². The maximum absolute atomic E-state index is 6.00. The Kier molecular flexibility index (Phi) is 3.87. The van der Waals surface area contributed by atoms with E-state index in [2.05, 4.69) is 20.3 Å². The Balaban J connectivity index is 2.28. The lowest BCUT2D eigenvalue weighted by Crippen LogP contribution is -2.26. The Morgan fingerprint density at radius 3 is 2.74 bits per heavy atom. The fraction of sp³-hybridized carbons (Fsp3) is 0.500. The van der Waals surface area contributed by atoms with Crippen LogP contribution in [-0.4, -0.2) is 45.9 Å². The highest BCUT2D eigenvalue weighted by Gasteiger charge is 2.17. The van der Waals surface area contributed by atoms with E-state index in [0.717, 1.165) is 17.0 Å². The summed E-state index contributed by atoms with van der Waals surface area (Å²) < 4.78 is 5.26. The molecule has 0 saturated carbocycles. The van der Waals surface area contributed by atoms with Gasteiger partial charge in [0.25, 0.3) is 5.89 Å². The fourth-order valence-corrected chi connectivity index (χ4v) is 1.74. The van der Waals surface area contributed by atoms with Crippen molar-refractivity contribution < 1.29 is 4.52 Å². The first-order valence-electron chi connectivity index (χ1n) is 6.02. The van der Waals surface area contributed by atoms with Crippen molar-refractivity contribution in [1.29, 1.82) is 0 Å². The summed E-state index contributed by atoms with van der Waals surface area (Å²) in [4.78, 5) is 6.31. The number of hydrogen-bond acceptors (Lipinski definition) is 7. The van der Waals surface area contributed by atoms with Gasteiger partial charge in [0.1, 0.15) is 0 Å². The highest BCUT2D eigenvalue weighted by atomic mass is 16.5. The smallest absolute Gasteiger partial charge is 0.259 e. The van der Waals surface area contributed by atoms with E-state index >= 15 is 0 Å². The second-order valence-electron chi connectivity index (χ2n) is 4.81. The molecule has 0 bridgehead atoms. The van der Waals surface area contributed by atoms with Crippen LogP contribution in [0, 0.1) is 13.8 Å². The zero-order valence-corrected chi connectivity index (χ0v) is 11.6. The summed E-state index contributed by atoms with van der Waals surface area (Å²) in [5, 5.41) is 11.9. The molecule has 102 valence electrons. The molecule has 7 heteroatoms. The zero-order valence-electron chi connectivity index (χ0n) is 11.6. The molecule has 0 fully saturated rings. The number of aryl methyl sites for hydroxylation is 2. The van der Waals surface area contributed by atoms with E-state index in [4.69, 9.17) is 10.3 Å². The van der Waals surface area contributed by atoms with Crippen LogP contribution in [0.4, 0.5) is 0 Å². The minimum Gasteiger partial charge on any atom is -0.334 e. The standard InChI is InChI=1S/C12H18N6O/c1-7-5-9(8(2)16-15-7)12-14-11(17-19-12)10(13)6-18(3)4/h5,10H,6,13H2,1-4H3. The van der Waals surface area contributed by atoms with Crippen molar-refractivity contribution in [2.75, 3.05) is 20.6 Å². The zero-order chi connectivity index (χ0) is 14.0. The van der Waals surface area contributed by atoms with Crippen LogP contribution in [0.2, 0.25) is 0 Å². The molecule has 2 aromatic heterocycles. The second kappa shape index (κ2) is 5.41. The van der Waals surface area contributed by atoms with Gasteiger partial charge in [0, 0.05) is 6.54 Å². The van der Waals surface area contributed by atoms with Gasteiger partial charge in [-0.3, -0.25) is 0 Å². The molecule has 7 nitrogen and oxygen atoms in total. The summed E-state index contributed by atoms with van der Waals surface area (Å²) >= 11 is 0. The lowest BCUT2D eigenvalue weighted by Gasteiger charge is -2.12. The third kappa shape index (κ3) is 3.12. The normalized spacial score (nSPS) is 12.9. The molecule has 0 aliphatic carbocycles. The average Bonchev–Trinajstić information content (AvgIpc) is 2.80. The number of nitrogens with two attached hydrogens (primary N) is 1. The average molecular weight is 262 g/mol. The van der Waals surface area contributed by atoms with Crippen molar-refractivity contribution in [2.24, 2.45) is 5.73 Å². The molecular formula is C12H18N6O. The number of hydrogen-bond donors (Lipinski definition) is 1. The molecule has 19 heavy (non-hydrogen) atoms. The molecule has 0 amide bonds. The van der Waals surface area contributed by atoms with E-state index < -0.39 is 0 Å². The van der Waals surface area contributed by atoms with Gasteiger partial charge in [-0.2, -0.15) is 15.2 Å². The van der Waals surface area contributed by atoms with Crippen molar-refractivity contribution in [3.8, 4) is 11.5 Å². The van der Waals surface area contributed by atoms with Crippen LogP contribution >= 0.6 is 0 Å². The largest absolute Gasteiger partial charge is 0.334 e. The molecule has 2 heterocycles. The molecule has 2 rings (SSSR count). The molecule has 0 saturated heterocycles. The molecule has 2 N–H and O–H groups in total. The van der Waals surface area contributed by atoms with E-state index in [9.17, 15) is 0 Å². The maximum Gasteiger partial charge on any atom is 0.259 e. The van der Waals surface area contributed by atoms with Crippen LogP contribution in [0.3, 0.4) is 0 Å². The summed E-state index contributed by atoms with van der Waals surface area (Å²) in [6.45, 7) is 4.38. The quantitative estimate of drug-likeness (QED) is 0.866. The van der Waals surface area contributed by atoms with Gasteiger partial charge in [0.15, 0.2) is 5.82 Å². The van der Waals surface area contributed by atoms with Crippen molar-refractivity contribution in [3.63, 3.8) is 0 Å². The van der Waals surface area contributed by atoms with E-state index in [1.165, 1.54) is 0 Å². The van der Waals surface area contributed by atoms with Crippen LogP contribution in [0.25, 0.3) is 11.5 Å². The number of likely N-dealkylation sites (N-methyl/N-ethyl adjacent to an activating group) is 1. The van der Waals surface area contributed by atoms with Gasteiger partial charge in [-0.1, -0.05) is 5.16 Å². The summed E-state index contributed by atoms with van der Waals surface area (Å²) in [6.07, 6.45) is 0. The topological polar surface area (TPSA) is 94.0 Å². The predicted molar refractivity (Wildman–Crippen MR) is 70.3 cm³/mol. The van der Waals surface area contributed by atoms with E-state index in [-0.39, 0.29) is 6.04 Å². The molecule has 0 aliphatic heterocycles. The third-order valence-corrected chi connectivity index (χ3v) is 2.67. The number of aromatic nitrogens is 4. The minimum atomic E-state index is -0.274. The van der Waals surface area contributed by atoms with Crippen LogP contribution in [0.5, 0.6) is 0 Å². The van der Waals surface area contributed by atoms with Crippen LogP contribution in [-0.2, 0) is 0 Å². The van der Waals surface area contributed by atoms with Crippen molar-refractivity contribution in [3.05, 3.63) is 23.3 Å². The second-order valence-corrected chi connectivity index (χ2v) is 4.81. The Bertz CT molecular complexity index is 565. The summed E-state index contributed by atoms with van der Waals surface area (Å²) in [5.41, 5.74) is 8.35. The highest BCUT2D eigenvalue weighted by Crippen LogP contribution is 2.21. The Morgan fingerprint density at radius 2 is 2.05 bits per heavy atom. The van der Waals surface area contributed by atoms with Gasteiger partial charge in [-0.15, -0.1) is 0 Å². The van der Waals surface area contributed by atoms with Gasteiger partial charge >= 0.3 is 0 Å². The van der Waals surface area contributed by atoms with Crippen molar-refractivity contribution >= 4 is 0 Å². The molecule has 0 spiro atoms. The minimum absolute atomic E-state index is 0.274. The lowest BCUT2D eigenvalue weighted by atomic mass is 10.2. The first-order valence-corrected chi connectivity index (χ1v) is 6.02. The van der Waals surface area contributed by atoms with Crippen LogP contribution < -0.4 is 5.73 Å². The number of rotatable bonds is 4. The summed E-state index contributed by atoms with van der Waals surface area (Å²) in [6, 6.07) is 1.60. The van der Waals surface area contributed by atoms with E-state index in [1.54, 1.807) is 0 Å². The van der Waals surface area contributed by atoms with Gasteiger partial charge in [-0.05, 0) is 34.0 Å². The number of nitrogens with zero attached hydrogens (tertiary/aromatic N) is 5. The summed E-state index contributed by atoms with van der Waals surface area (Å²) in [5.74, 6) is 0.928.